The molecule has 1 saturated heterocycles. The van der Waals surface area contributed by atoms with Crippen molar-refractivity contribution >= 4 is 45.2 Å². The van der Waals surface area contributed by atoms with Crippen LogP contribution in [-0.2, 0) is 15.9 Å². The summed E-state index contributed by atoms with van der Waals surface area (Å²) >= 11 is 6.08. The molecular formula is C27H28ClFN6O2. The first-order valence-electron chi connectivity index (χ1n) is 12.6. The number of aromatic nitrogens is 4. The van der Waals surface area contributed by atoms with Crippen LogP contribution in [0.15, 0.2) is 30.6 Å². The van der Waals surface area contributed by atoms with Crippen LogP contribution >= 0.6 is 11.6 Å². The summed E-state index contributed by atoms with van der Waals surface area (Å²) in [7, 11) is 0. The van der Waals surface area contributed by atoms with Crippen molar-refractivity contribution in [2.24, 2.45) is 11.3 Å². The van der Waals surface area contributed by atoms with E-state index in [0.717, 1.165) is 29.6 Å². The summed E-state index contributed by atoms with van der Waals surface area (Å²) in [6.45, 7) is 5.98. The van der Waals surface area contributed by atoms with E-state index in [-0.39, 0.29) is 35.3 Å². The Balaban J connectivity index is 1.25. The van der Waals surface area contributed by atoms with Crippen molar-refractivity contribution in [1.82, 2.24) is 19.5 Å². The molecule has 3 fully saturated rings. The predicted molar refractivity (Wildman–Crippen MR) is 140 cm³/mol. The molecule has 2 saturated carbocycles. The van der Waals surface area contributed by atoms with Crippen LogP contribution in [-0.4, -0.2) is 37.5 Å². The number of hydrogen-bond donors (Lipinski definition) is 2. The molecule has 8 nitrogen and oxygen atoms in total. The summed E-state index contributed by atoms with van der Waals surface area (Å²) in [5.74, 6) is 0.0631. The van der Waals surface area contributed by atoms with E-state index in [0.29, 0.717) is 39.6 Å². The highest BCUT2D eigenvalue weighted by Gasteiger charge is 2.75. The number of fused-ring (bicyclic) bond motifs is 5. The number of ether oxygens (including phenoxy) is 2. The first kappa shape index (κ1) is 23.1. The molecule has 1 unspecified atom stereocenters. The van der Waals surface area contributed by atoms with Crippen LogP contribution in [0, 0.1) is 24.1 Å². The smallest absolute Gasteiger partial charge is 0.163 e. The second-order valence-corrected chi connectivity index (χ2v) is 11.6. The minimum Gasteiger partial charge on any atom is -0.383 e. The number of benzene rings is 1. The van der Waals surface area contributed by atoms with Gasteiger partial charge in [-0.1, -0.05) is 11.6 Å². The fourth-order valence-electron chi connectivity index (χ4n) is 6.94. The Hall–Kier alpha value is -3.01. The molecule has 37 heavy (non-hydrogen) atoms. The molecule has 1 aliphatic heterocycles. The number of pyridine rings is 1. The predicted octanol–water partition coefficient (Wildman–Crippen LogP) is 4.96. The average Bonchev–Trinajstić information content (AvgIpc) is 3.20. The zero-order chi connectivity index (χ0) is 25.9. The lowest BCUT2D eigenvalue weighted by Gasteiger charge is -2.26. The van der Waals surface area contributed by atoms with Gasteiger partial charge in [-0.15, -0.1) is 0 Å². The van der Waals surface area contributed by atoms with Gasteiger partial charge in [-0.3, -0.25) is 0 Å². The third kappa shape index (κ3) is 3.30. The van der Waals surface area contributed by atoms with E-state index in [1.54, 1.807) is 12.1 Å². The summed E-state index contributed by atoms with van der Waals surface area (Å²) in [6.07, 6.45) is 3.59. The van der Waals surface area contributed by atoms with Gasteiger partial charge in [-0.05, 0) is 75.8 Å². The summed E-state index contributed by atoms with van der Waals surface area (Å²) in [4.78, 5) is 13.1. The molecule has 3 aromatic heterocycles. The molecule has 4 heterocycles. The number of nitrogens with zero attached hydrogens (tertiary/aromatic N) is 4. The third-order valence-electron chi connectivity index (χ3n) is 8.60. The normalized spacial score (nSPS) is 29.6. The maximum absolute atomic E-state index is 15.1. The molecule has 0 spiro atoms. The number of anilines is 2. The number of rotatable bonds is 4. The summed E-state index contributed by atoms with van der Waals surface area (Å²) in [5, 5.41) is 1.80. The van der Waals surface area contributed by atoms with Crippen LogP contribution in [0.5, 0.6) is 0 Å². The first-order chi connectivity index (χ1) is 17.6. The van der Waals surface area contributed by atoms with Crippen molar-refractivity contribution in [1.29, 1.82) is 0 Å². The Morgan fingerprint density at radius 3 is 2.76 bits per heavy atom. The lowest BCUT2D eigenvalue weighted by Crippen LogP contribution is -2.32. The minimum absolute atomic E-state index is 0.0450. The highest BCUT2D eigenvalue weighted by Crippen LogP contribution is 2.73. The van der Waals surface area contributed by atoms with Crippen molar-refractivity contribution in [2.75, 3.05) is 11.5 Å². The van der Waals surface area contributed by atoms with Crippen molar-refractivity contribution in [3.8, 4) is 0 Å². The fraction of sp³-hybridized carbons (Fsp3) is 0.444. The zero-order valence-electron chi connectivity index (χ0n) is 20.8. The van der Waals surface area contributed by atoms with Gasteiger partial charge in [0.1, 0.15) is 35.5 Å². The van der Waals surface area contributed by atoms with Gasteiger partial charge in [0.05, 0.1) is 28.1 Å². The molecule has 10 heteroatoms. The van der Waals surface area contributed by atoms with Crippen molar-refractivity contribution in [3.05, 3.63) is 52.7 Å². The van der Waals surface area contributed by atoms with Crippen LogP contribution < -0.4 is 11.5 Å². The molecule has 7 rings (SSSR count). The summed E-state index contributed by atoms with van der Waals surface area (Å²) < 4.78 is 30.4. The van der Waals surface area contributed by atoms with Gasteiger partial charge in [-0.25, -0.2) is 19.3 Å². The highest BCUT2D eigenvalue weighted by atomic mass is 35.5. The summed E-state index contributed by atoms with van der Waals surface area (Å²) in [5.41, 5.74) is 15.1. The topological polar surface area (TPSA) is 114 Å². The number of halogens is 2. The van der Waals surface area contributed by atoms with Crippen LogP contribution in [0.25, 0.3) is 21.9 Å². The Bertz CT molecular complexity index is 1610. The lowest BCUT2D eigenvalue weighted by atomic mass is 9.91. The second kappa shape index (κ2) is 7.52. The van der Waals surface area contributed by atoms with E-state index >= 15 is 4.39 Å². The van der Waals surface area contributed by atoms with Gasteiger partial charge in [0.15, 0.2) is 5.79 Å². The van der Waals surface area contributed by atoms with E-state index < -0.39 is 5.79 Å². The van der Waals surface area contributed by atoms with Crippen LogP contribution in [0.1, 0.15) is 44.0 Å². The molecule has 0 amide bonds. The van der Waals surface area contributed by atoms with Gasteiger partial charge < -0.3 is 25.5 Å². The Morgan fingerprint density at radius 2 is 1.95 bits per heavy atom. The molecule has 0 radical (unpaired) electrons. The largest absolute Gasteiger partial charge is 0.383 e. The van der Waals surface area contributed by atoms with Crippen molar-refractivity contribution < 1.29 is 13.9 Å². The molecular weight excluding hydrogens is 495 g/mol. The highest BCUT2D eigenvalue weighted by molar-refractivity contribution is 6.33. The van der Waals surface area contributed by atoms with Gasteiger partial charge >= 0.3 is 0 Å². The lowest BCUT2D eigenvalue weighted by molar-refractivity contribution is -0.161. The SMILES string of the molecule is Cc1cc2c(N)ncnc2n1[C@H]1[C@@H]2OC(C)(C)O[C@@H]2C2(CCc3cc4nc(N)c(Cl)cc4cc3F)C[C@H]12. The molecule has 5 atom stereocenters. The van der Waals surface area contributed by atoms with Crippen LogP contribution in [0.4, 0.5) is 16.0 Å². The van der Waals surface area contributed by atoms with Gasteiger partial charge in [-0.2, -0.15) is 0 Å². The Labute approximate surface area is 218 Å². The van der Waals surface area contributed by atoms with Crippen LogP contribution in [0.2, 0.25) is 5.02 Å². The molecule has 3 aliphatic rings. The molecule has 2 aliphatic carbocycles. The first-order valence-corrected chi connectivity index (χ1v) is 12.9. The maximum atomic E-state index is 15.1. The standard InChI is InChI=1S/C27H28ClFN6O2/c1-12-6-15-23(30)32-11-33-25(15)35(12)20-16-10-27(16,22-21(20)36-26(2,3)37-22)5-4-13-9-19-14(8-18(13)29)7-17(28)24(31)34-19/h6-9,11,16,20-22H,4-5,10H2,1-3H3,(H2,31,34)(H2,30,32,33)/t16-,20-,21+,22+,27?/m1/s1. The number of nitrogen functional groups attached to an aromatic ring is 2. The van der Waals surface area contributed by atoms with E-state index in [1.165, 1.54) is 12.4 Å². The van der Waals surface area contributed by atoms with Crippen LogP contribution in [0.3, 0.4) is 0 Å². The van der Waals surface area contributed by atoms with Crippen molar-refractivity contribution in [3.63, 3.8) is 0 Å². The maximum Gasteiger partial charge on any atom is 0.163 e. The molecule has 4 aromatic rings. The van der Waals surface area contributed by atoms with E-state index in [4.69, 9.17) is 32.5 Å². The molecule has 0 bridgehead atoms. The third-order valence-corrected chi connectivity index (χ3v) is 8.90. The van der Waals surface area contributed by atoms with Gasteiger partial charge in [0.2, 0.25) is 0 Å². The average molecular weight is 523 g/mol. The molecule has 192 valence electrons. The minimum atomic E-state index is -0.700. The monoisotopic (exact) mass is 522 g/mol. The van der Waals surface area contributed by atoms with Crippen molar-refractivity contribution in [2.45, 2.75) is 64.1 Å². The fourth-order valence-corrected chi connectivity index (χ4v) is 7.10. The quantitative estimate of drug-likeness (QED) is 0.389. The number of nitrogens with two attached hydrogens (primary N) is 2. The Morgan fingerprint density at radius 1 is 1.14 bits per heavy atom. The second-order valence-electron chi connectivity index (χ2n) is 11.2. The van der Waals surface area contributed by atoms with E-state index in [9.17, 15) is 0 Å². The van der Waals surface area contributed by atoms with E-state index in [2.05, 4.69) is 26.4 Å². The molecule has 1 aromatic carbocycles. The number of aryl methyl sites for hydroxylation is 2. The van der Waals surface area contributed by atoms with E-state index in [1.807, 2.05) is 19.9 Å². The number of hydrogen-bond acceptors (Lipinski definition) is 7. The van der Waals surface area contributed by atoms with Gasteiger partial charge in [0.25, 0.3) is 0 Å². The van der Waals surface area contributed by atoms with Gasteiger partial charge in [0, 0.05) is 16.5 Å². The Kier molecular flexibility index (Phi) is 4.70. The zero-order valence-corrected chi connectivity index (χ0v) is 21.6. The molecule has 4 N–H and O–H groups in total. The summed E-state index contributed by atoms with van der Waals surface area (Å²) in [6, 6.07) is 7.01.